The first-order chi connectivity index (χ1) is 17.9. The Bertz CT molecular complexity index is 2180. The SMILES string of the molecule is c1ccc2c(c1)-c1cccc3c(-n4c5ccccc5c5ccc6c(nc7ccccn76)c54)ccc-2c13. The number of rotatable bonds is 1. The topological polar surface area (TPSA) is 22.2 Å². The lowest BCUT2D eigenvalue weighted by Crippen LogP contribution is -1.96. The average molecular weight is 458 g/mol. The molecular formula is C33H19N3. The molecule has 0 saturated carbocycles. The molecule has 0 fully saturated rings. The molecule has 9 rings (SSSR count). The molecule has 1 aliphatic rings. The van der Waals surface area contributed by atoms with E-state index in [4.69, 9.17) is 4.98 Å². The highest BCUT2D eigenvalue weighted by molar-refractivity contribution is 6.21. The Labute approximate surface area is 206 Å². The molecule has 166 valence electrons. The summed E-state index contributed by atoms with van der Waals surface area (Å²) in [5.41, 5.74) is 12.0. The molecule has 36 heavy (non-hydrogen) atoms. The van der Waals surface area contributed by atoms with E-state index in [1.807, 2.05) is 0 Å². The smallest absolute Gasteiger partial charge is 0.137 e. The highest BCUT2D eigenvalue weighted by Crippen LogP contribution is 2.49. The Morgan fingerprint density at radius 2 is 1.25 bits per heavy atom. The van der Waals surface area contributed by atoms with E-state index in [0.717, 1.165) is 22.2 Å². The largest absolute Gasteiger partial charge is 0.306 e. The van der Waals surface area contributed by atoms with E-state index in [0.29, 0.717) is 0 Å². The van der Waals surface area contributed by atoms with Crippen LogP contribution < -0.4 is 0 Å². The van der Waals surface area contributed by atoms with Crippen molar-refractivity contribution < 1.29 is 0 Å². The van der Waals surface area contributed by atoms with Crippen molar-refractivity contribution >= 4 is 49.3 Å². The molecule has 0 amide bonds. The standard InChI is InChI=1S/C33H19N3/c1-2-9-21-20(8-1)23-11-7-12-26-28(17-15-24(21)31(23)26)36-27-13-4-3-10-22(27)25-16-18-29-32(33(25)36)34-30-14-5-6-19-35(29)30/h1-19H. The van der Waals surface area contributed by atoms with Gasteiger partial charge in [0.1, 0.15) is 11.2 Å². The molecule has 1 aliphatic carbocycles. The molecule has 0 unspecified atom stereocenters. The van der Waals surface area contributed by atoms with Crippen molar-refractivity contribution in [2.45, 2.75) is 0 Å². The van der Waals surface area contributed by atoms with Gasteiger partial charge in [0.2, 0.25) is 0 Å². The van der Waals surface area contributed by atoms with E-state index in [2.05, 4.69) is 124 Å². The van der Waals surface area contributed by atoms with Crippen molar-refractivity contribution in [3.8, 4) is 27.9 Å². The van der Waals surface area contributed by atoms with Crippen molar-refractivity contribution in [1.29, 1.82) is 0 Å². The number of fused-ring (bicyclic) bond motifs is 10. The zero-order chi connectivity index (χ0) is 23.4. The van der Waals surface area contributed by atoms with Crippen LogP contribution in [0.3, 0.4) is 0 Å². The van der Waals surface area contributed by atoms with Crippen molar-refractivity contribution in [3.05, 3.63) is 115 Å². The third kappa shape index (κ3) is 2.12. The minimum atomic E-state index is 0.965. The van der Waals surface area contributed by atoms with Gasteiger partial charge >= 0.3 is 0 Å². The van der Waals surface area contributed by atoms with Crippen LogP contribution >= 0.6 is 0 Å². The minimum Gasteiger partial charge on any atom is -0.306 e. The van der Waals surface area contributed by atoms with Crippen LogP contribution in [0.25, 0.3) is 77.2 Å². The van der Waals surface area contributed by atoms with E-state index in [1.165, 1.54) is 55.0 Å². The van der Waals surface area contributed by atoms with Gasteiger partial charge in [-0.3, -0.25) is 4.40 Å². The Hall–Kier alpha value is -4.89. The molecule has 0 spiro atoms. The molecule has 3 aromatic heterocycles. The van der Waals surface area contributed by atoms with Gasteiger partial charge in [0.25, 0.3) is 0 Å². The second-order valence-corrected chi connectivity index (χ2v) is 9.63. The molecular weight excluding hydrogens is 438 g/mol. The molecule has 0 radical (unpaired) electrons. The van der Waals surface area contributed by atoms with Crippen molar-refractivity contribution in [2.75, 3.05) is 0 Å². The Morgan fingerprint density at radius 1 is 0.500 bits per heavy atom. The van der Waals surface area contributed by atoms with Crippen LogP contribution in [0, 0.1) is 0 Å². The molecule has 0 saturated heterocycles. The number of pyridine rings is 1. The van der Waals surface area contributed by atoms with E-state index < -0.39 is 0 Å². The van der Waals surface area contributed by atoms with Crippen LogP contribution in [-0.4, -0.2) is 14.0 Å². The molecule has 0 aliphatic heterocycles. The van der Waals surface area contributed by atoms with Crippen LogP contribution in [-0.2, 0) is 0 Å². The fraction of sp³-hybridized carbons (Fsp3) is 0. The lowest BCUT2D eigenvalue weighted by Gasteiger charge is -2.13. The molecule has 5 aromatic carbocycles. The maximum atomic E-state index is 5.13. The quantitative estimate of drug-likeness (QED) is 0.243. The third-order valence-electron chi connectivity index (χ3n) is 7.88. The van der Waals surface area contributed by atoms with Crippen LogP contribution in [0.2, 0.25) is 0 Å². The Kier molecular flexibility index (Phi) is 3.28. The summed E-state index contributed by atoms with van der Waals surface area (Å²) in [7, 11) is 0. The second-order valence-electron chi connectivity index (χ2n) is 9.63. The van der Waals surface area contributed by atoms with Crippen molar-refractivity contribution in [3.63, 3.8) is 0 Å². The van der Waals surface area contributed by atoms with Gasteiger partial charge in [-0.25, -0.2) is 4.98 Å². The third-order valence-corrected chi connectivity index (χ3v) is 7.88. The zero-order valence-electron chi connectivity index (χ0n) is 19.3. The predicted molar refractivity (Wildman–Crippen MR) is 149 cm³/mol. The molecule has 3 heteroatoms. The lowest BCUT2D eigenvalue weighted by atomic mass is 10.0. The summed E-state index contributed by atoms with van der Waals surface area (Å²) >= 11 is 0. The van der Waals surface area contributed by atoms with Gasteiger partial charge in [-0.1, -0.05) is 72.8 Å². The highest BCUT2D eigenvalue weighted by atomic mass is 15.0. The summed E-state index contributed by atoms with van der Waals surface area (Å²) in [5.74, 6) is 0. The predicted octanol–water partition coefficient (Wildman–Crippen LogP) is 8.39. The van der Waals surface area contributed by atoms with Gasteiger partial charge in [0.15, 0.2) is 0 Å². The van der Waals surface area contributed by atoms with Crippen LogP contribution in [0.15, 0.2) is 115 Å². The first kappa shape index (κ1) is 18.4. The Balaban J connectivity index is 1.50. The summed E-state index contributed by atoms with van der Waals surface area (Å²) in [5, 5.41) is 5.08. The van der Waals surface area contributed by atoms with Crippen molar-refractivity contribution in [1.82, 2.24) is 14.0 Å². The highest BCUT2D eigenvalue weighted by Gasteiger charge is 2.24. The van der Waals surface area contributed by atoms with Gasteiger partial charge in [-0.15, -0.1) is 0 Å². The van der Waals surface area contributed by atoms with Gasteiger partial charge in [-0.2, -0.15) is 0 Å². The average Bonchev–Trinajstić information content (AvgIpc) is 3.58. The number of para-hydroxylation sites is 1. The van der Waals surface area contributed by atoms with E-state index in [1.54, 1.807) is 0 Å². The number of imidazole rings is 1. The normalized spacial score (nSPS) is 12.4. The molecule has 0 atom stereocenters. The fourth-order valence-corrected chi connectivity index (χ4v) is 6.42. The summed E-state index contributed by atoms with van der Waals surface area (Å²) < 4.78 is 4.62. The number of aromatic nitrogens is 3. The van der Waals surface area contributed by atoms with Gasteiger partial charge in [0.05, 0.1) is 22.2 Å². The summed E-state index contributed by atoms with van der Waals surface area (Å²) in [6.07, 6.45) is 2.10. The number of hydrogen-bond acceptors (Lipinski definition) is 1. The van der Waals surface area contributed by atoms with Crippen molar-refractivity contribution in [2.24, 2.45) is 0 Å². The van der Waals surface area contributed by atoms with Gasteiger partial charge in [0, 0.05) is 22.4 Å². The maximum Gasteiger partial charge on any atom is 0.137 e. The molecule has 8 aromatic rings. The molecule has 0 N–H and O–H groups in total. The molecule has 3 heterocycles. The number of hydrogen-bond donors (Lipinski definition) is 0. The van der Waals surface area contributed by atoms with E-state index in [9.17, 15) is 0 Å². The Morgan fingerprint density at radius 3 is 2.17 bits per heavy atom. The summed E-state index contributed by atoms with van der Waals surface area (Å²) in [4.78, 5) is 5.13. The summed E-state index contributed by atoms with van der Waals surface area (Å²) in [6, 6.07) is 39.5. The van der Waals surface area contributed by atoms with Crippen LogP contribution in [0.5, 0.6) is 0 Å². The van der Waals surface area contributed by atoms with E-state index >= 15 is 0 Å². The van der Waals surface area contributed by atoms with Crippen LogP contribution in [0.4, 0.5) is 0 Å². The minimum absolute atomic E-state index is 0.965. The number of benzene rings is 5. The first-order valence-corrected chi connectivity index (χ1v) is 12.3. The van der Waals surface area contributed by atoms with E-state index in [-0.39, 0.29) is 0 Å². The maximum absolute atomic E-state index is 5.13. The number of nitrogens with zero attached hydrogens (tertiary/aromatic N) is 3. The second kappa shape index (κ2) is 6.41. The van der Waals surface area contributed by atoms with Gasteiger partial charge < -0.3 is 4.57 Å². The first-order valence-electron chi connectivity index (χ1n) is 12.3. The van der Waals surface area contributed by atoms with Gasteiger partial charge in [-0.05, 0) is 64.0 Å². The lowest BCUT2D eigenvalue weighted by molar-refractivity contribution is 1.20. The molecule has 3 nitrogen and oxygen atoms in total. The monoisotopic (exact) mass is 457 g/mol. The van der Waals surface area contributed by atoms with Crippen LogP contribution in [0.1, 0.15) is 0 Å². The summed E-state index contributed by atoms with van der Waals surface area (Å²) in [6.45, 7) is 0. The molecule has 0 bridgehead atoms. The zero-order valence-corrected chi connectivity index (χ0v) is 19.3. The fourth-order valence-electron chi connectivity index (χ4n) is 6.42.